The SMILES string of the molecule is COc1cccc(NC(=O)NCc2nc(-c3ccc(C)cc3)no2)c1. The highest BCUT2D eigenvalue weighted by Gasteiger charge is 2.10. The highest BCUT2D eigenvalue weighted by Crippen LogP contribution is 2.17. The number of aryl methyl sites for hydroxylation is 1. The molecule has 0 saturated carbocycles. The van der Waals surface area contributed by atoms with E-state index in [9.17, 15) is 4.79 Å². The van der Waals surface area contributed by atoms with Gasteiger partial charge in [-0.3, -0.25) is 0 Å². The summed E-state index contributed by atoms with van der Waals surface area (Å²) in [5, 5.41) is 9.31. The highest BCUT2D eigenvalue weighted by atomic mass is 16.5. The van der Waals surface area contributed by atoms with Gasteiger partial charge in [0.1, 0.15) is 5.75 Å². The number of ether oxygens (including phenoxy) is 1. The van der Waals surface area contributed by atoms with Crippen LogP contribution < -0.4 is 15.4 Å². The van der Waals surface area contributed by atoms with Gasteiger partial charge in [-0.15, -0.1) is 0 Å². The van der Waals surface area contributed by atoms with Crippen molar-refractivity contribution in [3.63, 3.8) is 0 Å². The smallest absolute Gasteiger partial charge is 0.319 e. The first-order chi connectivity index (χ1) is 12.1. The Balaban J connectivity index is 1.56. The molecule has 3 aromatic rings. The van der Waals surface area contributed by atoms with Crippen LogP contribution in [0.15, 0.2) is 53.1 Å². The van der Waals surface area contributed by atoms with Crippen LogP contribution in [0.3, 0.4) is 0 Å². The van der Waals surface area contributed by atoms with Crippen LogP contribution in [0.4, 0.5) is 10.5 Å². The molecule has 1 heterocycles. The molecule has 7 nitrogen and oxygen atoms in total. The van der Waals surface area contributed by atoms with Gasteiger partial charge in [0.05, 0.1) is 13.7 Å². The summed E-state index contributed by atoms with van der Waals surface area (Å²) in [6, 6.07) is 14.5. The standard InChI is InChI=1S/C18H18N4O3/c1-12-6-8-13(9-7-12)17-21-16(25-22-17)11-19-18(23)20-14-4-3-5-15(10-14)24-2/h3-10H,11H2,1-2H3,(H2,19,20,23). The Morgan fingerprint density at radius 1 is 1.20 bits per heavy atom. The van der Waals surface area contributed by atoms with Crippen molar-refractivity contribution in [1.82, 2.24) is 15.5 Å². The summed E-state index contributed by atoms with van der Waals surface area (Å²) in [6.07, 6.45) is 0. The fraction of sp³-hybridized carbons (Fsp3) is 0.167. The van der Waals surface area contributed by atoms with Crippen LogP contribution in [0.25, 0.3) is 11.4 Å². The van der Waals surface area contributed by atoms with Gasteiger partial charge >= 0.3 is 6.03 Å². The lowest BCUT2D eigenvalue weighted by atomic mass is 10.1. The third kappa shape index (κ3) is 4.35. The molecule has 0 saturated heterocycles. The van der Waals surface area contributed by atoms with Crippen LogP contribution in [0.2, 0.25) is 0 Å². The Bertz CT molecular complexity index is 859. The Morgan fingerprint density at radius 2 is 2.00 bits per heavy atom. The second-order valence-corrected chi connectivity index (χ2v) is 5.42. The van der Waals surface area contributed by atoms with E-state index in [1.54, 1.807) is 31.4 Å². The molecule has 7 heteroatoms. The summed E-state index contributed by atoms with van der Waals surface area (Å²) in [5.74, 6) is 1.49. The Labute approximate surface area is 145 Å². The lowest BCUT2D eigenvalue weighted by Gasteiger charge is -2.07. The lowest BCUT2D eigenvalue weighted by Crippen LogP contribution is -2.28. The summed E-state index contributed by atoms with van der Waals surface area (Å²) >= 11 is 0. The van der Waals surface area contributed by atoms with Gasteiger partial charge in [0.2, 0.25) is 11.7 Å². The van der Waals surface area contributed by atoms with Crippen molar-refractivity contribution in [3.05, 3.63) is 60.0 Å². The summed E-state index contributed by atoms with van der Waals surface area (Å²) < 4.78 is 10.3. The number of amides is 2. The van der Waals surface area contributed by atoms with E-state index >= 15 is 0 Å². The minimum atomic E-state index is -0.372. The summed E-state index contributed by atoms with van der Waals surface area (Å²) in [6.45, 7) is 2.14. The van der Waals surface area contributed by atoms with Gasteiger partial charge in [0.25, 0.3) is 0 Å². The van der Waals surface area contributed by atoms with Crippen LogP contribution in [0, 0.1) is 6.92 Å². The van der Waals surface area contributed by atoms with E-state index in [2.05, 4.69) is 20.8 Å². The number of hydrogen-bond acceptors (Lipinski definition) is 5. The number of nitrogens with zero attached hydrogens (tertiary/aromatic N) is 2. The molecular weight excluding hydrogens is 320 g/mol. The molecular formula is C18H18N4O3. The molecule has 128 valence electrons. The van der Waals surface area contributed by atoms with Gasteiger partial charge in [-0.25, -0.2) is 4.79 Å². The number of anilines is 1. The monoisotopic (exact) mass is 338 g/mol. The molecule has 3 rings (SSSR count). The average Bonchev–Trinajstić information content (AvgIpc) is 3.10. The number of benzene rings is 2. The number of carbonyl (C=O) groups excluding carboxylic acids is 1. The zero-order valence-electron chi connectivity index (χ0n) is 13.9. The maximum absolute atomic E-state index is 11.9. The summed E-state index contributed by atoms with van der Waals surface area (Å²) in [4.78, 5) is 16.2. The van der Waals surface area contributed by atoms with Crippen LogP contribution in [-0.2, 0) is 6.54 Å². The maximum Gasteiger partial charge on any atom is 0.319 e. The first kappa shape index (κ1) is 16.5. The Kier molecular flexibility index (Phi) is 4.94. The molecule has 0 spiro atoms. The van der Waals surface area contributed by atoms with Crippen molar-refractivity contribution >= 4 is 11.7 Å². The molecule has 0 aliphatic heterocycles. The molecule has 0 aliphatic rings. The average molecular weight is 338 g/mol. The number of nitrogens with one attached hydrogen (secondary N) is 2. The molecule has 0 aliphatic carbocycles. The van der Waals surface area contributed by atoms with Gasteiger partial charge in [-0.05, 0) is 19.1 Å². The highest BCUT2D eigenvalue weighted by molar-refractivity contribution is 5.89. The van der Waals surface area contributed by atoms with Crippen LogP contribution in [0.1, 0.15) is 11.5 Å². The van der Waals surface area contributed by atoms with Gasteiger partial charge < -0.3 is 19.9 Å². The van der Waals surface area contributed by atoms with Gasteiger partial charge in [-0.1, -0.05) is 41.1 Å². The number of urea groups is 1. The Hall–Kier alpha value is -3.35. The number of methoxy groups -OCH3 is 1. The van der Waals surface area contributed by atoms with Crippen LogP contribution >= 0.6 is 0 Å². The van der Waals surface area contributed by atoms with E-state index in [4.69, 9.17) is 9.26 Å². The fourth-order valence-corrected chi connectivity index (χ4v) is 2.18. The van der Waals surface area contributed by atoms with Crippen molar-refractivity contribution in [2.45, 2.75) is 13.5 Å². The molecule has 0 atom stereocenters. The molecule has 0 fully saturated rings. The van der Waals surface area contributed by atoms with E-state index < -0.39 is 0 Å². The summed E-state index contributed by atoms with van der Waals surface area (Å²) in [7, 11) is 1.57. The van der Waals surface area contributed by atoms with Crippen LogP contribution in [-0.4, -0.2) is 23.3 Å². The molecule has 2 N–H and O–H groups in total. The molecule has 0 bridgehead atoms. The quantitative estimate of drug-likeness (QED) is 0.744. The molecule has 2 amide bonds. The normalized spacial score (nSPS) is 10.3. The zero-order valence-corrected chi connectivity index (χ0v) is 13.9. The third-order valence-electron chi connectivity index (χ3n) is 3.51. The van der Waals surface area contributed by atoms with Crippen molar-refractivity contribution in [3.8, 4) is 17.1 Å². The van der Waals surface area contributed by atoms with Gasteiger partial charge in [-0.2, -0.15) is 4.98 Å². The topological polar surface area (TPSA) is 89.3 Å². The first-order valence-corrected chi connectivity index (χ1v) is 7.72. The number of aromatic nitrogens is 2. The molecule has 0 radical (unpaired) electrons. The second-order valence-electron chi connectivity index (χ2n) is 5.42. The number of carbonyl (C=O) groups is 1. The van der Waals surface area contributed by atoms with Gasteiger partial charge in [0, 0.05) is 17.3 Å². The predicted molar refractivity (Wildman–Crippen MR) is 93.3 cm³/mol. The van der Waals surface area contributed by atoms with Crippen molar-refractivity contribution in [2.75, 3.05) is 12.4 Å². The van der Waals surface area contributed by atoms with Crippen molar-refractivity contribution in [2.24, 2.45) is 0 Å². The summed E-state index contributed by atoms with van der Waals surface area (Å²) in [5.41, 5.74) is 2.65. The van der Waals surface area contributed by atoms with Crippen molar-refractivity contribution < 1.29 is 14.1 Å². The first-order valence-electron chi connectivity index (χ1n) is 7.72. The second kappa shape index (κ2) is 7.48. The number of hydrogen-bond donors (Lipinski definition) is 2. The van der Waals surface area contributed by atoms with E-state index in [-0.39, 0.29) is 12.6 Å². The molecule has 0 unspecified atom stereocenters. The maximum atomic E-state index is 11.9. The molecule has 1 aromatic heterocycles. The Morgan fingerprint density at radius 3 is 2.76 bits per heavy atom. The van der Waals surface area contributed by atoms with Crippen molar-refractivity contribution in [1.29, 1.82) is 0 Å². The molecule has 25 heavy (non-hydrogen) atoms. The molecule has 2 aromatic carbocycles. The minimum Gasteiger partial charge on any atom is -0.497 e. The third-order valence-corrected chi connectivity index (χ3v) is 3.51. The lowest BCUT2D eigenvalue weighted by molar-refractivity contribution is 0.249. The zero-order chi connectivity index (χ0) is 17.6. The number of rotatable bonds is 5. The van der Waals surface area contributed by atoms with Gasteiger partial charge in [0.15, 0.2) is 0 Å². The van der Waals surface area contributed by atoms with E-state index in [1.807, 2.05) is 31.2 Å². The van der Waals surface area contributed by atoms with E-state index in [0.29, 0.717) is 23.2 Å². The van der Waals surface area contributed by atoms with Crippen LogP contribution in [0.5, 0.6) is 5.75 Å². The minimum absolute atomic E-state index is 0.134. The predicted octanol–water partition coefficient (Wildman–Crippen LogP) is 3.38. The largest absolute Gasteiger partial charge is 0.497 e. The fourth-order valence-electron chi connectivity index (χ4n) is 2.18. The van der Waals surface area contributed by atoms with E-state index in [1.165, 1.54) is 0 Å². The van der Waals surface area contributed by atoms with E-state index in [0.717, 1.165) is 11.1 Å².